The summed E-state index contributed by atoms with van der Waals surface area (Å²) < 4.78 is 0. The predicted molar refractivity (Wildman–Crippen MR) is 64.2 cm³/mol. The average molecular weight is 242 g/mol. The number of aliphatic hydroxyl groups excluding tert-OH is 1. The Labute approximate surface area is 102 Å². The second-order valence-corrected chi connectivity index (χ2v) is 5.41. The van der Waals surface area contributed by atoms with Crippen LogP contribution in [0, 0.1) is 11.3 Å². The fraction of sp³-hybridized carbons (Fsp3) is 0.833. The van der Waals surface area contributed by atoms with E-state index in [9.17, 15) is 9.59 Å². The summed E-state index contributed by atoms with van der Waals surface area (Å²) in [5.41, 5.74) is -0.0194. The van der Waals surface area contributed by atoms with Crippen molar-refractivity contribution in [2.75, 3.05) is 19.7 Å². The van der Waals surface area contributed by atoms with Crippen LogP contribution in [0.4, 0.5) is 0 Å². The first-order chi connectivity index (χ1) is 7.94. The summed E-state index contributed by atoms with van der Waals surface area (Å²) in [6, 6.07) is 0. The van der Waals surface area contributed by atoms with Gasteiger partial charge in [-0.2, -0.15) is 0 Å². The van der Waals surface area contributed by atoms with Crippen molar-refractivity contribution >= 4 is 11.8 Å². The topological polar surface area (TPSA) is 78.4 Å². The third-order valence-electron chi connectivity index (χ3n) is 3.10. The number of aliphatic hydroxyl groups is 1. The van der Waals surface area contributed by atoms with Crippen LogP contribution >= 0.6 is 0 Å². The van der Waals surface area contributed by atoms with Crippen molar-refractivity contribution in [3.63, 3.8) is 0 Å². The largest absolute Gasteiger partial charge is 0.396 e. The SMILES string of the molecule is CC(C)(CCCO)CNC(=O)C1CNC(=O)C1. The van der Waals surface area contributed by atoms with Crippen LogP contribution in [0.3, 0.4) is 0 Å². The first-order valence-electron chi connectivity index (χ1n) is 6.10. The fourth-order valence-electron chi connectivity index (χ4n) is 1.91. The number of hydrogen-bond donors (Lipinski definition) is 3. The van der Waals surface area contributed by atoms with Gasteiger partial charge in [-0.05, 0) is 18.3 Å². The maximum Gasteiger partial charge on any atom is 0.225 e. The quantitative estimate of drug-likeness (QED) is 0.615. The van der Waals surface area contributed by atoms with Crippen molar-refractivity contribution in [3.05, 3.63) is 0 Å². The van der Waals surface area contributed by atoms with Gasteiger partial charge in [0.1, 0.15) is 0 Å². The molecule has 3 N–H and O–H groups in total. The van der Waals surface area contributed by atoms with Gasteiger partial charge >= 0.3 is 0 Å². The van der Waals surface area contributed by atoms with Crippen LogP contribution in [0.5, 0.6) is 0 Å². The van der Waals surface area contributed by atoms with Crippen molar-refractivity contribution in [2.45, 2.75) is 33.1 Å². The predicted octanol–water partition coefficient (Wildman–Crippen LogP) is 0.0374. The van der Waals surface area contributed by atoms with Crippen molar-refractivity contribution in [3.8, 4) is 0 Å². The van der Waals surface area contributed by atoms with E-state index in [1.54, 1.807) is 0 Å². The maximum atomic E-state index is 11.8. The molecular weight excluding hydrogens is 220 g/mol. The third-order valence-corrected chi connectivity index (χ3v) is 3.10. The van der Waals surface area contributed by atoms with Gasteiger partial charge in [0, 0.05) is 26.1 Å². The van der Waals surface area contributed by atoms with Crippen LogP contribution in [-0.2, 0) is 9.59 Å². The number of rotatable bonds is 6. The van der Waals surface area contributed by atoms with Crippen molar-refractivity contribution in [2.24, 2.45) is 11.3 Å². The molecular formula is C12H22N2O3. The second-order valence-electron chi connectivity index (χ2n) is 5.41. The third kappa shape index (κ3) is 4.73. The molecule has 1 aliphatic heterocycles. The van der Waals surface area contributed by atoms with E-state index in [0.29, 0.717) is 19.5 Å². The first-order valence-corrected chi connectivity index (χ1v) is 6.10. The molecule has 1 atom stereocenters. The van der Waals surface area contributed by atoms with Crippen LogP contribution in [0.1, 0.15) is 33.1 Å². The standard InChI is InChI=1S/C12H22N2O3/c1-12(2,4-3-5-15)8-14-11(17)9-6-10(16)13-7-9/h9,15H,3-8H2,1-2H3,(H,13,16)(H,14,17). The first kappa shape index (κ1) is 14.0. The van der Waals surface area contributed by atoms with Gasteiger partial charge in [0.2, 0.25) is 11.8 Å². The van der Waals surface area contributed by atoms with Gasteiger partial charge in [-0.1, -0.05) is 13.8 Å². The Balaban J connectivity index is 2.29. The zero-order chi connectivity index (χ0) is 12.9. The van der Waals surface area contributed by atoms with Crippen LogP contribution < -0.4 is 10.6 Å². The maximum absolute atomic E-state index is 11.8. The molecule has 0 aromatic heterocycles. The molecule has 1 aliphatic rings. The average Bonchev–Trinajstić information content (AvgIpc) is 2.70. The zero-order valence-electron chi connectivity index (χ0n) is 10.6. The van der Waals surface area contributed by atoms with Gasteiger partial charge < -0.3 is 15.7 Å². The number of nitrogens with one attached hydrogen (secondary N) is 2. The molecule has 17 heavy (non-hydrogen) atoms. The summed E-state index contributed by atoms with van der Waals surface area (Å²) in [5.74, 6) is -0.332. The Morgan fingerprint density at radius 1 is 1.59 bits per heavy atom. The molecule has 1 unspecified atom stereocenters. The van der Waals surface area contributed by atoms with Crippen molar-refractivity contribution < 1.29 is 14.7 Å². The fourth-order valence-corrected chi connectivity index (χ4v) is 1.91. The van der Waals surface area contributed by atoms with Crippen molar-refractivity contribution in [1.29, 1.82) is 0 Å². The number of hydrogen-bond acceptors (Lipinski definition) is 3. The molecule has 0 aromatic carbocycles. The minimum absolute atomic E-state index is 0.0194. The molecule has 1 saturated heterocycles. The van der Waals surface area contributed by atoms with Gasteiger partial charge in [-0.25, -0.2) is 0 Å². The number of amides is 2. The summed E-state index contributed by atoms with van der Waals surface area (Å²) in [7, 11) is 0. The molecule has 5 heteroatoms. The minimum Gasteiger partial charge on any atom is -0.396 e. The summed E-state index contributed by atoms with van der Waals surface area (Å²) in [6.45, 7) is 5.32. The molecule has 0 saturated carbocycles. The van der Waals surface area contributed by atoms with E-state index in [0.717, 1.165) is 12.8 Å². The van der Waals surface area contributed by atoms with Crippen LogP contribution in [0.15, 0.2) is 0 Å². The molecule has 0 aromatic rings. The molecule has 5 nitrogen and oxygen atoms in total. The van der Waals surface area contributed by atoms with E-state index in [1.165, 1.54) is 0 Å². The number of carbonyl (C=O) groups is 2. The van der Waals surface area contributed by atoms with E-state index < -0.39 is 0 Å². The lowest BCUT2D eigenvalue weighted by Crippen LogP contribution is -2.38. The Hall–Kier alpha value is -1.10. The highest BCUT2D eigenvalue weighted by atomic mass is 16.3. The van der Waals surface area contributed by atoms with Gasteiger partial charge in [0.25, 0.3) is 0 Å². The molecule has 0 spiro atoms. The van der Waals surface area contributed by atoms with E-state index in [2.05, 4.69) is 24.5 Å². The van der Waals surface area contributed by atoms with E-state index in [1.807, 2.05) is 0 Å². The van der Waals surface area contributed by atoms with E-state index >= 15 is 0 Å². The summed E-state index contributed by atoms with van der Waals surface area (Å²) in [4.78, 5) is 22.7. The van der Waals surface area contributed by atoms with Gasteiger partial charge in [-0.15, -0.1) is 0 Å². The van der Waals surface area contributed by atoms with Gasteiger partial charge in [0.15, 0.2) is 0 Å². The monoisotopic (exact) mass is 242 g/mol. The smallest absolute Gasteiger partial charge is 0.225 e. The normalized spacial score (nSPS) is 20.2. The minimum atomic E-state index is -0.226. The Kier molecular flexibility index (Phi) is 4.93. The van der Waals surface area contributed by atoms with E-state index in [-0.39, 0.29) is 29.8 Å². The lowest BCUT2D eigenvalue weighted by molar-refractivity contribution is -0.126. The van der Waals surface area contributed by atoms with Gasteiger partial charge in [-0.3, -0.25) is 9.59 Å². The highest BCUT2D eigenvalue weighted by molar-refractivity contribution is 5.89. The molecule has 1 rings (SSSR count). The Morgan fingerprint density at radius 3 is 2.82 bits per heavy atom. The number of carbonyl (C=O) groups excluding carboxylic acids is 2. The molecule has 0 radical (unpaired) electrons. The molecule has 1 heterocycles. The second kappa shape index (κ2) is 6.00. The Bertz CT molecular complexity index is 289. The molecule has 2 amide bonds. The summed E-state index contributed by atoms with van der Waals surface area (Å²) in [5, 5.41) is 14.3. The van der Waals surface area contributed by atoms with Crippen LogP contribution in [0.2, 0.25) is 0 Å². The molecule has 0 bridgehead atoms. The molecule has 1 fully saturated rings. The van der Waals surface area contributed by atoms with Crippen LogP contribution in [-0.4, -0.2) is 36.6 Å². The lowest BCUT2D eigenvalue weighted by atomic mass is 9.87. The summed E-state index contributed by atoms with van der Waals surface area (Å²) >= 11 is 0. The van der Waals surface area contributed by atoms with Crippen molar-refractivity contribution in [1.82, 2.24) is 10.6 Å². The molecule has 0 aliphatic carbocycles. The van der Waals surface area contributed by atoms with Gasteiger partial charge in [0.05, 0.1) is 5.92 Å². The Morgan fingerprint density at radius 2 is 2.29 bits per heavy atom. The van der Waals surface area contributed by atoms with E-state index in [4.69, 9.17) is 5.11 Å². The lowest BCUT2D eigenvalue weighted by Gasteiger charge is -2.25. The highest BCUT2D eigenvalue weighted by Crippen LogP contribution is 2.21. The summed E-state index contributed by atoms with van der Waals surface area (Å²) in [6.07, 6.45) is 1.90. The van der Waals surface area contributed by atoms with Crippen LogP contribution in [0.25, 0.3) is 0 Å². The zero-order valence-corrected chi connectivity index (χ0v) is 10.6. The molecule has 98 valence electrons. The highest BCUT2D eigenvalue weighted by Gasteiger charge is 2.28.